The normalized spacial score (nSPS) is 14.2. The molecule has 6 nitrogen and oxygen atoms in total. The molecule has 0 aliphatic heterocycles. The molecule has 0 bridgehead atoms. The Morgan fingerprint density at radius 2 is 1.83 bits per heavy atom. The summed E-state index contributed by atoms with van der Waals surface area (Å²) in [5.74, 6) is -0.603. The second kappa shape index (κ2) is 8.49. The van der Waals surface area contributed by atoms with Gasteiger partial charge in [0.1, 0.15) is 11.9 Å². The maximum atomic E-state index is 13.4. The molecule has 0 saturated heterocycles. The van der Waals surface area contributed by atoms with E-state index in [1.807, 2.05) is 36.5 Å². The average Bonchev–Trinajstić information content (AvgIpc) is 3.53. The predicted octanol–water partition coefficient (Wildman–Crippen LogP) is 3.21. The van der Waals surface area contributed by atoms with Crippen LogP contribution in [0.15, 0.2) is 60.8 Å². The summed E-state index contributed by atoms with van der Waals surface area (Å²) in [5.41, 5.74) is 3.09. The minimum atomic E-state index is -0.614. The summed E-state index contributed by atoms with van der Waals surface area (Å²) in [6.45, 7) is 1.91. The first-order valence-corrected chi connectivity index (χ1v) is 9.99. The van der Waals surface area contributed by atoms with Crippen LogP contribution in [-0.4, -0.2) is 27.6 Å². The van der Waals surface area contributed by atoms with Gasteiger partial charge in [0.05, 0.1) is 11.4 Å². The molecule has 0 radical (unpaired) electrons. The van der Waals surface area contributed by atoms with Crippen LogP contribution < -0.4 is 10.6 Å². The maximum Gasteiger partial charge on any atom is 0.242 e. The Morgan fingerprint density at radius 1 is 1.13 bits per heavy atom. The molecule has 1 unspecified atom stereocenters. The molecule has 1 aliphatic carbocycles. The summed E-state index contributed by atoms with van der Waals surface area (Å²) in [7, 11) is 0. The number of hydrogen-bond donors (Lipinski definition) is 2. The van der Waals surface area contributed by atoms with E-state index in [9.17, 15) is 14.0 Å². The lowest BCUT2D eigenvalue weighted by Crippen LogP contribution is -2.45. The summed E-state index contributed by atoms with van der Waals surface area (Å²) in [6, 6.07) is 15.1. The smallest absolute Gasteiger partial charge is 0.242 e. The van der Waals surface area contributed by atoms with Crippen LogP contribution in [0.2, 0.25) is 0 Å². The molecule has 7 heteroatoms. The zero-order valence-electron chi connectivity index (χ0n) is 16.6. The third-order valence-electron chi connectivity index (χ3n) is 5.08. The van der Waals surface area contributed by atoms with E-state index >= 15 is 0 Å². The fourth-order valence-electron chi connectivity index (χ4n) is 3.18. The van der Waals surface area contributed by atoms with Crippen LogP contribution in [0.25, 0.3) is 16.9 Å². The summed E-state index contributed by atoms with van der Waals surface area (Å²) in [4.78, 5) is 24.3. The highest BCUT2D eigenvalue weighted by Crippen LogP contribution is 2.29. The van der Waals surface area contributed by atoms with Crippen LogP contribution in [0.3, 0.4) is 0 Å². The second-order valence-corrected chi connectivity index (χ2v) is 7.51. The molecule has 2 aromatic carbocycles. The molecular formula is C23H23FN4O2. The van der Waals surface area contributed by atoms with Gasteiger partial charge in [0, 0.05) is 29.8 Å². The molecule has 1 atom stereocenters. The number of halogens is 1. The van der Waals surface area contributed by atoms with Crippen LogP contribution in [0.5, 0.6) is 0 Å². The zero-order valence-corrected chi connectivity index (χ0v) is 16.6. The average molecular weight is 406 g/mol. The van der Waals surface area contributed by atoms with Crippen molar-refractivity contribution in [2.75, 3.05) is 0 Å². The number of nitrogens with zero attached hydrogens (tertiary/aromatic N) is 2. The molecule has 1 saturated carbocycles. The molecule has 1 heterocycles. The van der Waals surface area contributed by atoms with Crippen molar-refractivity contribution in [3.8, 4) is 16.9 Å². The first kappa shape index (κ1) is 19.8. The van der Waals surface area contributed by atoms with Gasteiger partial charge in [0.25, 0.3) is 0 Å². The summed E-state index contributed by atoms with van der Waals surface area (Å²) in [5, 5.41) is 10.3. The fourth-order valence-corrected chi connectivity index (χ4v) is 3.18. The van der Waals surface area contributed by atoms with E-state index in [0.717, 1.165) is 29.7 Å². The van der Waals surface area contributed by atoms with Gasteiger partial charge in [-0.2, -0.15) is 5.10 Å². The third-order valence-corrected chi connectivity index (χ3v) is 5.08. The third kappa shape index (κ3) is 4.56. The van der Waals surface area contributed by atoms with Crippen LogP contribution in [0.1, 0.15) is 25.3 Å². The summed E-state index contributed by atoms with van der Waals surface area (Å²) in [6.07, 6.45) is 3.63. The van der Waals surface area contributed by atoms with Crippen molar-refractivity contribution in [1.82, 2.24) is 20.4 Å². The van der Waals surface area contributed by atoms with E-state index in [-0.39, 0.29) is 30.1 Å². The Kier molecular flexibility index (Phi) is 5.61. The van der Waals surface area contributed by atoms with Gasteiger partial charge in [0.15, 0.2) is 0 Å². The van der Waals surface area contributed by atoms with Gasteiger partial charge < -0.3 is 10.6 Å². The fraction of sp³-hybridized carbons (Fsp3) is 0.261. The van der Waals surface area contributed by atoms with Gasteiger partial charge in [-0.1, -0.05) is 18.2 Å². The van der Waals surface area contributed by atoms with E-state index in [1.54, 1.807) is 23.7 Å². The highest BCUT2D eigenvalue weighted by molar-refractivity contribution is 5.89. The standard InChI is InChI=1S/C23H23FN4O2/c1-15(26-23(30)17-7-8-17)22(29)25-13-18-14-28(20-5-3-2-4-6-20)27-21(18)16-9-11-19(24)12-10-16/h2-6,9-12,14-15,17H,7-8,13H2,1H3,(H,25,29)(H,26,30). The van der Waals surface area contributed by atoms with Gasteiger partial charge >= 0.3 is 0 Å². The molecule has 4 rings (SSSR count). The minimum absolute atomic E-state index is 0.0504. The maximum absolute atomic E-state index is 13.4. The second-order valence-electron chi connectivity index (χ2n) is 7.51. The van der Waals surface area contributed by atoms with Crippen molar-refractivity contribution in [1.29, 1.82) is 0 Å². The lowest BCUT2D eigenvalue weighted by atomic mass is 10.1. The van der Waals surface area contributed by atoms with Gasteiger partial charge in [0.2, 0.25) is 11.8 Å². The minimum Gasteiger partial charge on any atom is -0.350 e. The first-order chi connectivity index (χ1) is 14.5. The summed E-state index contributed by atoms with van der Waals surface area (Å²) >= 11 is 0. The lowest BCUT2D eigenvalue weighted by molar-refractivity contribution is -0.129. The van der Waals surface area contributed by atoms with Gasteiger partial charge in [-0.15, -0.1) is 0 Å². The zero-order chi connectivity index (χ0) is 21.1. The largest absolute Gasteiger partial charge is 0.350 e. The Morgan fingerprint density at radius 3 is 2.50 bits per heavy atom. The molecule has 0 spiro atoms. The molecule has 1 aromatic heterocycles. The summed E-state index contributed by atoms with van der Waals surface area (Å²) < 4.78 is 15.1. The highest BCUT2D eigenvalue weighted by Gasteiger charge is 2.31. The van der Waals surface area contributed by atoms with Crippen molar-refractivity contribution < 1.29 is 14.0 Å². The number of para-hydroxylation sites is 1. The molecule has 30 heavy (non-hydrogen) atoms. The predicted molar refractivity (Wildman–Crippen MR) is 111 cm³/mol. The number of nitrogens with one attached hydrogen (secondary N) is 2. The van der Waals surface area contributed by atoms with E-state index in [1.165, 1.54) is 12.1 Å². The van der Waals surface area contributed by atoms with Crippen LogP contribution in [0.4, 0.5) is 4.39 Å². The molecule has 1 fully saturated rings. The molecule has 1 aliphatic rings. The molecule has 2 N–H and O–H groups in total. The monoisotopic (exact) mass is 406 g/mol. The number of carbonyl (C=O) groups is 2. The van der Waals surface area contributed by atoms with Crippen LogP contribution in [-0.2, 0) is 16.1 Å². The van der Waals surface area contributed by atoms with E-state index < -0.39 is 6.04 Å². The number of amides is 2. The number of hydrogen-bond acceptors (Lipinski definition) is 3. The topological polar surface area (TPSA) is 76.0 Å². The molecule has 154 valence electrons. The van der Waals surface area contributed by atoms with Crippen molar-refractivity contribution in [2.45, 2.75) is 32.4 Å². The Labute approximate surface area is 174 Å². The van der Waals surface area contributed by atoms with E-state index in [4.69, 9.17) is 0 Å². The van der Waals surface area contributed by atoms with Gasteiger partial charge in [-0.05, 0) is 56.2 Å². The Balaban J connectivity index is 1.53. The molecule has 3 aromatic rings. The first-order valence-electron chi connectivity index (χ1n) is 9.99. The number of rotatable bonds is 7. The Bertz CT molecular complexity index is 1040. The number of carbonyl (C=O) groups excluding carboxylic acids is 2. The van der Waals surface area contributed by atoms with E-state index in [2.05, 4.69) is 15.7 Å². The highest BCUT2D eigenvalue weighted by atomic mass is 19.1. The van der Waals surface area contributed by atoms with Gasteiger partial charge in [-0.3, -0.25) is 9.59 Å². The molecular weight excluding hydrogens is 383 g/mol. The van der Waals surface area contributed by atoms with Crippen LogP contribution in [0, 0.1) is 11.7 Å². The van der Waals surface area contributed by atoms with Crippen molar-refractivity contribution in [3.05, 3.63) is 72.2 Å². The SMILES string of the molecule is CC(NC(=O)C1CC1)C(=O)NCc1cn(-c2ccccc2)nc1-c1ccc(F)cc1. The quantitative estimate of drug-likeness (QED) is 0.633. The van der Waals surface area contributed by atoms with E-state index in [0.29, 0.717) is 5.69 Å². The van der Waals surface area contributed by atoms with Crippen molar-refractivity contribution in [2.24, 2.45) is 5.92 Å². The Hall–Kier alpha value is -3.48. The molecule has 2 amide bonds. The van der Waals surface area contributed by atoms with Gasteiger partial charge in [-0.25, -0.2) is 9.07 Å². The van der Waals surface area contributed by atoms with Crippen molar-refractivity contribution in [3.63, 3.8) is 0 Å². The lowest BCUT2D eigenvalue weighted by Gasteiger charge is -2.14. The van der Waals surface area contributed by atoms with Crippen molar-refractivity contribution >= 4 is 11.8 Å². The number of benzene rings is 2. The number of aromatic nitrogens is 2. The van der Waals surface area contributed by atoms with Crippen LogP contribution >= 0.6 is 0 Å².